The van der Waals surface area contributed by atoms with E-state index in [2.05, 4.69) is 106 Å². The number of carbonyl (C=O) groups is 3. The fourth-order valence-corrected chi connectivity index (χ4v) is 9.27. The summed E-state index contributed by atoms with van der Waals surface area (Å²) in [5, 5.41) is 0. The SMILES string of the molecule is CC/C=C\C/C=C\C/C=C\C/C=C\C/C=C\C/C=C\CCCCCCCCCCCCCCCCCCC(=O)OCC(COC(=O)CCCCCCC/C=C\CCC)OC(=O)CCCCCCCCCCCCCCC. The van der Waals surface area contributed by atoms with Gasteiger partial charge in [-0.15, -0.1) is 0 Å². The summed E-state index contributed by atoms with van der Waals surface area (Å²) in [6.07, 6.45) is 84.7. The zero-order valence-electron chi connectivity index (χ0n) is 50.3. The summed E-state index contributed by atoms with van der Waals surface area (Å²) < 4.78 is 16.9. The second-order valence-corrected chi connectivity index (χ2v) is 21.6. The predicted octanol–water partition coefficient (Wildman–Crippen LogP) is 22.3. The predicted molar refractivity (Wildman–Crippen MR) is 330 cm³/mol. The molecule has 0 radical (unpaired) electrons. The van der Waals surface area contributed by atoms with Crippen LogP contribution in [0, 0.1) is 0 Å². The van der Waals surface area contributed by atoms with E-state index in [1.807, 2.05) is 0 Å². The maximum absolute atomic E-state index is 12.8. The molecule has 0 aromatic rings. The van der Waals surface area contributed by atoms with Crippen molar-refractivity contribution in [2.75, 3.05) is 13.2 Å². The fraction of sp³-hybridized carbons (Fsp3) is 0.757. The van der Waals surface area contributed by atoms with Gasteiger partial charge < -0.3 is 14.2 Å². The number of allylic oxidation sites excluding steroid dienone is 14. The number of ether oxygens (including phenoxy) is 3. The van der Waals surface area contributed by atoms with Crippen molar-refractivity contribution in [3.63, 3.8) is 0 Å². The number of rotatable bonds is 59. The Morgan fingerprint density at radius 1 is 0.276 bits per heavy atom. The van der Waals surface area contributed by atoms with Gasteiger partial charge in [0.25, 0.3) is 0 Å². The van der Waals surface area contributed by atoms with Crippen LogP contribution in [0.15, 0.2) is 85.1 Å². The largest absolute Gasteiger partial charge is 0.462 e. The molecule has 0 fully saturated rings. The summed E-state index contributed by atoms with van der Waals surface area (Å²) >= 11 is 0. The van der Waals surface area contributed by atoms with Gasteiger partial charge >= 0.3 is 17.9 Å². The molecular weight excluding hydrogens is 937 g/mol. The molecule has 0 bridgehead atoms. The maximum Gasteiger partial charge on any atom is 0.306 e. The third-order valence-electron chi connectivity index (χ3n) is 14.1. The van der Waals surface area contributed by atoms with E-state index in [-0.39, 0.29) is 31.1 Å². The van der Waals surface area contributed by atoms with E-state index in [1.165, 1.54) is 173 Å². The molecule has 1 unspecified atom stereocenters. The van der Waals surface area contributed by atoms with Crippen molar-refractivity contribution < 1.29 is 28.6 Å². The first kappa shape index (κ1) is 72.6. The molecule has 6 heteroatoms. The van der Waals surface area contributed by atoms with Gasteiger partial charge in [0.1, 0.15) is 13.2 Å². The van der Waals surface area contributed by atoms with Crippen LogP contribution in [0.1, 0.15) is 323 Å². The lowest BCUT2D eigenvalue weighted by molar-refractivity contribution is -0.167. The second-order valence-electron chi connectivity index (χ2n) is 21.6. The molecule has 6 nitrogen and oxygen atoms in total. The molecule has 0 aliphatic rings. The van der Waals surface area contributed by atoms with Gasteiger partial charge in [0, 0.05) is 19.3 Å². The maximum atomic E-state index is 12.8. The lowest BCUT2D eigenvalue weighted by atomic mass is 10.0. The summed E-state index contributed by atoms with van der Waals surface area (Å²) in [5.41, 5.74) is 0. The Hall–Kier alpha value is -3.41. The summed E-state index contributed by atoms with van der Waals surface area (Å²) in [4.78, 5) is 38.1. The molecule has 0 heterocycles. The van der Waals surface area contributed by atoms with Crippen LogP contribution in [0.5, 0.6) is 0 Å². The van der Waals surface area contributed by atoms with Crippen molar-refractivity contribution in [3.05, 3.63) is 85.1 Å². The normalized spacial score (nSPS) is 12.6. The molecule has 438 valence electrons. The van der Waals surface area contributed by atoms with Gasteiger partial charge in [-0.05, 0) is 89.9 Å². The van der Waals surface area contributed by atoms with Crippen molar-refractivity contribution in [1.82, 2.24) is 0 Å². The molecule has 0 aromatic heterocycles. The highest BCUT2D eigenvalue weighted by molar-refractivity contribution is 5.71. The Morgan fingerprint density at radius 2 is 0.539 bits per heavy atom. The third kappa shape index (κ3) is 61.4. The lowest BCUT2D eigenvalue weighted by Gasteiger charge is -2.18. The third-order valence-corrected chi connectivity index (χ3v) is 14.1. The van der Waals surface area contributed by atoms with Gasteiger partial charge in [-0.2, -0.15) is 0 Å². The van der Waals surface area contributed by atoms with Crippen LogP contribution in [0.25, 0.3) is 0 Å². The lowest BCUT2D eigenvalue weighted by Crippen LogP contribution is -2.30. The van der Waals surface area contributed by atoms with Gasteiger partial charge in [-0.1, -0.05) is 298 Å². The molecule has 0 saturated carbocycles. The fourth-order valence-electron chi connectivity index (χ4n) is 9.27. The van der Waals surface area contributed by atoms with Gasteiger partial charge in [0.05, 0.1) is 0 Å². The smallest absolute Gasteiger partial charge is 0.306 e. The average molecular weight is 1060 g/mol. The number of carbonyl (C=O) groups excluding carboxylic acids is 3. The van der Waals surface area contributed by atoms with Crippen molar-refractivity contribution in [1.29, 1.82) is 0 Å². The topological polar surface area (TPSA) is 78.9 Å². The first-order valence-corrected chi connectivity index (χ1v) is 32.6. The van der Waals surface area contributed by atoms with E-state index < -0.39 is 6.10 Å². The first-order chi connectivity index (χ1) is 37.5. The van der Waals surface area contributed by atoms with E-state index in [4.69, 9.17) is 14.2 Å². The molecule has 1 atom stereocenters. The molecular formula is C70H122O6. The van der Waals surface area contributed by atoms with Crippen LogP contribution < -0.4 is 0 Å². The monoisotopic (exact) mass is 1060 g/mol. The summed E-state index contributed by atoms with van der Waals surface area (Å²) in [6.45, 7) is 6.48. The molecule has 0 aliphatic heterocycles. The van der Waals surface area contributed by atoms with Crippen LogP contribution in [0.4, 0.5) is 0 Å². The van der Waals surface area contributed by atoms with Gasteiger partial charge in [0.2, 0.25) is 0 Å². The molecule has 76 heavy (non-hydrogen) atoms. The Kier molecular flexibility index (Phi) is 61.2. The minimum absolute atomic E-state index is 0.0739. The Balaban J connectivity index is 4.04. The number of esters is 3. The van der Waals surface area contributed by atoms with E-state index in [0.29, 0.717) is 19.3 Å². The average Bonchev–Trinajstić information content (AvgIpc) is 3.42. The number of hydrogen-bond acceptors (Lipinski definition) is 6. The summed E-state index contributed by atoms with van der Waals surface area (Å²) in [6, 6.07) is 0. The molecule has 0 spiro atoms. The van der Waals surface area contributed by atoms with Crippen molar-refractivity contribution in [3.8, 4) is 0 Å². The van der Waals surface area contributed by atoms with E-state index in [0.717, 1.165) is 109 Å². The van der Waals surface area contributed by atoms with Crippen LogP contribution in [0.2, 0.25) is 0 Å². The zero-order valence-corrected chi connectivity index (χ0v) is 50.3. The van der Waals surface area contributed by atoms with E-state index >= 15 is 0 Å². The minimum Gasteiger partial charge on any atom is -0.462 e. The minimum atomic E-state index is -0.774. The van der Waals surface area contributed by atoms with E-state index in [1.54, 1.807) is 0 Å². The summed E-state index contributed by atoms with van der Waals surface area (Å²) in [7, 11) is 0. The van der Waals surface area contributed by atoms with Gasteiger partial charge in [-0.3, -0.25) is 14.4 Å². The highest BCUT2D eigenvalue weighted by atomic mass is 16.6. The molecule has 0 aliphatic carbocycles. The molecule has 0 aromatic carbocycles. The van der Waals surface area contributed by atoms with E-state index in [9.17, 15) is 14.4 Å². The first-order valence-electron chi connectivity index (χ1n) is 32.6. The molecule has 0 amide bonds. The van der Waals surface area contributed by atoms with Crippen LogP contribution >= 0.6 is 0 Å². The quantitative estimate of drug-likeness (QED) is 0.0261. The second kappa shape index (κ2) is 64.1. The Bertz CT molecular complexity index is 1450. The summed E-state index contributed by atoms with van der Waals surface area (Å²) in [5.74, 6) is -0.872. The Morgan fingerprint density at radius 3 is 0.868 bits per heavy atom. The van der Waals surface area contributed by atoms with Crippen LogP contribution in [-0.2, 0) is 28.6 Å². The van der Waals surface area contributed by atoms with Gasteiger partial charge in [-0.25, -0.2) is 0 Å². The van der Waals surface area contributed by atoms with Crippen LogP contribution in [0.3, 0.4) is 0 Å². The molecule has 0 rings (SSSR count). The highest BCUT2D eigenvalue weighted by Crippen LogP contribution is 2.17. The highest BCUT2D eigenvalue weighted by Gasteiger charge is 2.19. The van der Waals surface area contributed by atoms with Gasteiger partial charge in [0.15, 0.2) is 6.10 Å². The van der Waals surface area contributed by atoms with Crippen molar-refractivity contribution in [2.45, 2.75) is 329 Å². The Labute approximate surface area is 471 Å². The number of unbranched alkanes of at least 4 members (excludes halogenated alkanes) is 34. The standard InChI is InChI=1S/C70H122O6/c1-4-7-10-13-16-19-22-24-25-26-27-28-29-30-31-32-33-34-35-36-37-38-39-40-41-42-43-44-45-47-48-51-54-57-60-63-69(72)75-66-67(65-74-68(71)62-59-56-53-50-21-18-15-12-9-6-3)76-70(73)64-61-58-55-52-49-46-23-20-17-14-11-8-5-2/h7,10,12,15-16,19,24-25,27-28,30-31,33-34,67H,4-6,8-9,11,13-14,17-18,20-23,26,29,32,35-66H2,1-3H3/b10-7-,15-12-,19-16-,25-24-,28-27-,31-30-,34-33-. The molecule has 0 N–H and O–H groups in total. The van der Waals surface area contributed by atoms with Crippen LogP contribution in [-0.4, -0.2) is 37.2 Å². The van der Waals surface area contributed by atoms with Crippen molar-refractivity contribution >= 4 is 17.9 Å². The number of hydrogen-bond donors (Lipinski definition) is 0. The molecule has 0 saturated heterocycles. The van der Waals surface area contributed by atoms with Crippen molar-refractivity contribution in [2.24, 2.45) is 0 Å². The zero-order chi connectivity index (χ0) is 55.0.